The van der Waals surface area contributed by atoms with Crippen molar-refractivity contribution in [1.29, 1.82) is 0 Å². The normalized spacial score (nSPS) is 11.6. The number of thioether (sulfide) groups is 1. The number of hydrogen-bond acceptors (Lipinski definition) is 7. The molecule has 0 unspecified atom stereocenters. The second-order valence-electron chi connectivity index (χ2n) is 5.36. The van der Waals surface area contributed by atoms with Crippen LogP contribution in [0.4, 0.5) is 0 Å². The maximum absolute atomic E-state index is 12.5. The average molecular weight is 392 g/mol. The zero-order valence-electron chi connectivity index (χ0n) is 14.7. The van der Waals surface area contributed by atoms with Crippen LogP contribution in [0.3, 0.4) is 0 Å². The number of carboxylic acid groups (broad SMARTS) is 1. The van der Waals surface area contributed by atoms with Crippen molar-refractivity contribution < 1.29 is 24.5 Å². The maximum Gasteiger partial charge on any atom is 0.313 e. The van der Waals surface area contributed by atoms with Gasteiger partial charge >= 0.3 is 5.97 Å². The Labute approximate surface area is 160 Å². The standard InChI is InChI=1S/C17H20N4O5S/c1-3-8-21-15(19-20-17(21)27-10-14(23)24)13(9-22)18-16(25)11-4-6-12(26-2)7-5-11/h3-7,13,22H,1,8-10H2,2H3,(H,18,25)(H,23,24)/t13-/m1/s1. The number of aromatic nitrogens is 3. The predicted octanol–water partition coefficient (Wildman–Crippen LogP) is 1.11. The largest absolute Gasteiger partial charge is 0.497 e. The molecule has 0 fully saturated rings. The monoisotopic (exact) mass is 392 g/mol. The zero-order valence-corrected chi connectivity index (χ0v) is 15.5. The molecule has 9 nitrogen and oxygen atoms in total. The number of rotatable bonds is 10. The van der Waals surface area contributed by atoms with Gasteiger partial charge in [0.15, 0.2) is 11.0 Å². The number of aliphatic hydroxyl groups is 1. The summed E-state index contributed by atoms with van der Waals surface area (Å²) in [6.07, 6.45) is 1.59. The first-order valence-electron chi connectivity index (χ1n) is 7.94. The molecule has 1 aromatic carbocycles. The van der Waals surface area contributed by atoms with E-state index in [0.717, 1.165) is 11.8 Å². The third-order valence-corrected chi connectivity index (χ3v) is 4.49. The molecular weight excluding hydrogens is 372 g/mol. The van der Waals surface area contributed by atoms with Crippen LogP contribution in [0.1, 0.15) is 22.2 Å². The van der Waals surface area contributed by atoms with E-state index in [1.54, 1.807) is 34.9 Å². The summed E-state index contributed by atoms with van der Waals surface area (Å²) in [4.78, 5) is 23.2. The highest BCUT2D eigenvalue weighted by Crippen LogP contribution is 2.21. The second-order valence-corrected chi connectivity index (χ2v) is 6.30. The molecule has 2 rings (SSSR count). The van der Waals surface area contributed by atoms with Gasteiger partial charge in [-0.05, 0) is 24.3 Å². The molecule has 3 N–H and O–H groups in total. The summed E-state index contributed by atoms with van der Waals surface area (Å²) in [5.74, 6) is -0.633. The Bertz CT molecular complexity index is 806. The van der Waals surface area contributed by atoms with Crippen molar-refractivity contribution in [2.75, 3.05) is 19.5 Å². The van der Waals surface area contributed by atoms with Crippen LogP contribution in [0.2, 0.25) is 0 Å². The minimum absolute atomic E-state index is 0.183. The van der Waals surface area contributed by atoms with Gasteiger partial charge in [-0.15, -0.1) is 16.8 Å². The van der Waals surface area contributed by atoms with Crippen molar-refractivity contribution in [1.82, 2.24) is 20.1 Å². The molecule has 144 valence electrons. The molecule has 0 saturated heterocycles. The minimum Gasteiger partial charge on any atom is -0.497 e. The minimum atomic E-state index is -0.985. The van der Waals surface area contributed by atoms with E-state index in [1.165, 1.54) is 7.11 Å². The molecule has 0 radical (unpaired) electrons. The van der Waals surface area contributed by atoms with E-state index in [0.29, 0.717) is 28.8 Å². The Morgan fingerprint density at radius 2 is 2.07 bits per heavy atom. The van der Waals surface area contributed by atoms with E-state index in [2.05, 4.69) is 22.1 Å². The van der Waals surface area contributed by atoms with Crippen molar-refractivity contribution in [2.24, 2.45) is 0 Å². The number of amides is 1. The number of hydrogen-bond donors (Lipinski definition) is 3. The van der Waals surface area contributed by atoms with Gasteiger partial charge in [-0.2, -0.15) is 0 Å². The smallest absolute Gasteiger partial charge is 0.313 e. The number of aliphatic hydroxyl groups excluding tert-OH is 1. The van der Waals surface area contributed by atoms with E-state index < -0.39 is 24.5 Å². The van der Waals surface area contributed by atoms with E-state index in [-0.39, 0.29) is 5.75 Å². The fraction of sp³-hybridized carbons (Fsp3) is 0.294. The highest BCUT2D eigenvalue weighted by molar-refractivity contribution is 7.99. The number of carbonyl (C=O) groups excluding carboxylic acids is 1. The number of allylic oxidation sites excluding steroid dienone is 1. The molecule has 0 aliphatic carbocycles. The summed E-state index contributed by atoms with van der Waals surface area (Å²) in [6, 6.07) is 5.70. The molecular formula is C17H20N4O5S. The lowest BCUT2D eigenvalue weighted by Crippen LogP contribution is -2.33. The van der Waals surface area contributed by atoms with Crippen LogP contribution >= 0.6 is 11.8 Å². The fourth-order valence-electron chi connectivity index (χ4n) is 2.27. The van der Waals surface area contributed by atoms with Crippen molar-refractivity contribution in [2.45, 2.75) is 17.7 Å². The quantitative estimate of drug-likeness (QED) is 0.405. The summed E-state index contributed by atoms with van der Waals surface area (Å²) in [5.41, 5.74) is 0.393. The molecule has 0 saturated carbocycles. The predicted molar refractivity (Wildman–Crippen MR) is 98.9 cm³/mol. The number of benzene rings is 1. The summed E-state index contributed by atoms with van der Waals surface area (Å²) in [5, 5.41) is 29.6. The third-order valence-electron chi connectivity index (χ3n) is 3.53. The Morgan fingerprint density at radius 1 is 1.37 bits per heavy atom. The van der Waals surface area contributed by atoms with Crippen LogP contribution in [-0.4, -0.2) is 56.3 Å². The fourth-order valence-corrected chi connectivity index (χ4v) is 2.94. The van der Waals surface area contributed by atoms with Gasteiger partial charge in [0.2, 0.25) is 0 Å². The van der Waals surface area contributed by atoms with Gasteiger partial charge in [0.25, 0.3) is 5.91 Å². The molecule has 0 bridgehead atoms. The van der Waals surface area contributed by atoms with Crippen LogP contribution in [-0.2, 0) is 11.3 Å². The summed E-state index contributed by atoms with van der Waals surface area (Å²) >= 11 is 0.997. The van der Waals surface area contributed by atoms with Gasteiger partial charge in [-0.1, -0.05) is 17.8 Å². The zero-order chi connectivity index (χ0) is 19.8. The molecule has 1 amide bonds. The number of carboxylic acids is 1. The number of aliphatic carboxylic acids is 1. The lowest BCUT2D eigenvalue weighted by molar-refractivity contribution is -0.133. The topological polar surface area (TPSA) is 127 Å². The molecule has 1 atom stereocenters. The van der Waals surface area contributed by atoms with E-state index in [1.807, 2.05) is 0 Å². The van der Waals surface area contributed by atoms with Gasteiger partial charge in [-0.25, -0.2) is 0 Å². The molecule has 0 aliphatic rings. The van der Waals surface area contributed by atoms with E-state index in [9.17, 15) is 14.7 Å². The van der Waals surface area contributed by atoms with E-state index in [4.69, 9.17) is 9.84 Å². The average Bonchev–Trinajstić information content (AvgIpc) is 3.07. The molecule has 0 spiro atoms. The lowest BCUT2D eigenvalue weighted by atomic mass is 10.2. The van der Waals surface area contributed by atoms with Crippen molar-refractivity contribution in [3.8, 4) is 5.75 Å². The third kappa shape index (κ3) is 5.31. The first-order chi connectivity index (χ1) is 13.0. The first kappa shape index (κ1) is 20.5. The highest BCUT2D eigenvalue weighted by Gasteiger charge is 2.23. The maximum atomic E-state index is 12.5. The van der Waals surface area contributed by atoms with Gasteiger partial charge in [0, 0.05) is 12.1 Å². The van der Waals surface area contributed by atoms with E-state index >= 15 is 0 Å². The van der Waals surface area contributed by atoms with Crippen LogP contribution in [0.25, 0.3) is 0 Å². The SMILES string of the molecule is C=CCn1c(SCC(=O)O)nnc1[C@@H](CO)NC(=O)c1ccc(OC)cc1. The highest BCUT2D eigenvalue weighted by atomic mass is 32.2. The Balaban J connectivity index is 2.20. The Kier molecular flexibility index (Phi) is 7.38. The van der Waals surface area contributed by atoms with Crippen LogP contribution in [0, 0.1) is 0 Å². The molecule has 10 heteroatoms. The van der Waals surface area contributed by atoms with Crippen LogP contribution in [0.15, 0.2) is 42.1 Å². The molecule has 27 heavy (non-hydrogen) atoms. The van der Waals surface area contributed by atoms with Crippen molar-refractivity contribution >= 4 is 23.6 Å². The van der Waals surface area contributed by atoms with Crippen molar-refractivity contribution in [3.63, 3.8) is 0 Å². The molecule has 2 aromatic rings. The summed E-state index contributed by atoms with van der Waals surface area (Å²) in [7, 11) is 1.53. The second kappa shape index (κ2) is 9.74. The van der Waals surface area contributed by atoms with Crippen molar-refractivity contribution in [3.05, 3.63) is 48.3 Å². The lowest BCUT2D eigenvalue weighted by Gasteiger charge is -2.17. The number of nitrogens with one attached hydrogen (secondary N) is 1. The molecule has 1 aromatic heterocycles. The number of ether oxygens (including phenoxy) is 1. The van der Waals surface area contributed by atoms with Gasteiger partial charge in [0.05, 0.1) is 19.5 Å². The summed E-state index contributed by atoms with van der Waals surface area (Å²) < 4.78 is 6.67. The number of carbonyl (C=O) groups is 2. The van der Waals surface area contributed by atoms with Gasteiger partial charge in [0.1, 0.15) is 11.8 Å². The number of methoxy groups -OCH3 is 1. The number of nitrogens with zero attached hydrogens (tertiary/aromatic N) is 3. The van der Waals surface area contributed by atoms with Gasteiger partial charge < -0.3 is 24.8 Å². The Hall–Kier alpha value is -2.85. The molecule has 0 aliphatic heterocycles. The molecule has 1 heterocycles. The summed E-state index contributed by atoms with van der Waals surface area (Å²) in [6.45, 7) is 3.56. The van der Waals surface area contributed by atoms with Gasteiger partial charge in [-0.3, -0.25) is 9.59 Å². The first-order valence-corrected chi connectivity index (χ1v) is 8.93. The van der Waals surface area contributed by atoms with Crippen LogP contribution < -0.4 is 10.1 Å². The Morgan fingerprint density at radius 3 is 2.63 bits per heavy atom. The van der Waals surface area contributed by atoms with Crippen LogP contribution in [0.5, 0.6) is 5.75 Å².